The van der Waals surface area contributed by atoms with Crippen molar-refractivity contribution < 1.29 is 27.5 Å². The fourth-order valence-electron chi connectivity index (χ4n) is 1.59. The van der Waals surface area contributed by atoms with Gasteiger partial charge in [-0.25, -0.2) is 4.79 Å². The van der Waals surface area contributed by atoms with Gasteiger partial charge in [0.2, 0.25) is 5.91 Å². The van der Waals surface area contributed by atoms with E-state index >= 15 is 0 Å². The SMILES string of the molecule is CC(=O)N1CC/C=C\C(OC(=O)C(F)(F)F)CC1. The molecule has 0 aliphatic carbocycles. The summed E-state index contributed by atoms with van der Waals surface area (Å²) in [5.41, 5.74) is 0. The lowest BCUT2D eigenvalue weighted by Gasteiger charge is -2.25. The smallest absolute Gasteiger partial charge is 0.451 e. The van der Waals surface area contributed by atoms with Gasteiger partial charge in [0.15, 0.2) is 0 Å². The van der Waals surface area contributed by atoms with E-state index in [9.17, 15) is 22.8 Å². The van der Waals surface area contributed by atoms with Gasteiger partial charge in [-0.3, -0.25) is 4.79 Å². The number of amides is 1. The predicted molar refractivity (Wildman–Crippen MR) is 56.6 cm³/mol. The monoisotopic (exact) mass is 265 g/mol. The van der Waals surface area contributed by atoms with Crippen LogP contribution in [0.1, 0.15) is 19.8 Å². The summed E-state index contributed by atoms with van der Waals surface area (Å²) in [6.45, 7) is 2.18. The molecule has 18 heavy (non-hydrogen) atoms. The number of carbonyl (C=O) groups excluding carboxylic acids is 2. The lowest BCUT2D eigenvalue weighted by atomic mass is 10.1. The Kier molecular flexibility index (Phi) is 4.75. The van der Waals surface area contributed by atoms with Crippen molar-refractivity contribution in [3.05, 3.63) is 12.2 Å². The van der Waals surface area contributed by atoms with Crippen molar-refractivity contribution in [3.63, 3.8) is 0 Å². The lowest BCUT2D eigenvalue weighted by molar-refractivity contribution is -0.203. The quantitative estimate of drug-likeness (QED) is 0.535. The highest BCUT2D eigenvalue weighted by molar-refractivity contribution is 5.76. The molecule has 0 bridgehead atoms. The minimum atomic E-state index is -4.99. The van der Waals surface area contributed by atoms with Crippen LogP contribution in [0.5, 0.6) is 0 Å². The number of halogens is 3. The van der Waals surface area contributed by atoms with Crippen LogP contribution < -0.4 is 0 Å². The van der Waals surface area contributed by atoms with Crippen LogP contribution in [0, 0.1) is 0 Å². The Bertz CT molecular complexity index is 352. The summed E-state index contributed by atoms with van der Waals surface area (Å²) in [7, 11) is 0. The molecular weight excluding hydrogens is 251 g/mol. The highest BCUT2D eigenvalue weighted by Crippen LogP contribution is 2.19. The van der Waals surface area contributed by atoms with Crippen LogP contribution in [-0.4, -0.2) is 42.1 Å². The van der Waals surface area contributed by atoms with E-state index in [0.29, 0.717) is 13.0 Å². The minimum absolute atomic E-state index is 0.147. The molecule has 7 heteroatoms. The Labute approximate surface area is 102 Å². The first-order valence-electron chi connectivity index (χ1n) is 5.50. The van der Waals surface area contributed by atoms with E-state index < -0.39 is 18.2 Å². The Morgan fingerprint density at radius 2 is 2.00 bits per heavy atom. The van der Waals surface area contributed by atoms with Gasteiger partial charge in [-0.15, -0.1) is 0 Å². The topological polar surface area (TPSA) is 46.6 Å². The first kappa shape index (κ1) is 14.5. The Hall–Kier alpha value is -1.53. The second-order valence-corrected chi connectivity index (χ2v) is 3.95. The summed E-state index contributed by atoms with van der Waals surface area (Å²) >= 11 is 0. The van der Waals surface area contributed by atoms with Gasteiger partial charge in [0, 0.05) is 26.4 Å². The van der Waals surface area contributed by atoms with Crippen molar-refractivity contribution in [1.29, 1.82) is 0 Å². The molecule has 1 unspecified atom stereocenters. The molecular formula is C11H14F3NO3. The van der Waals surface area contributed by atoms with Crippen LogP contribution in [-0.2, 0) is 14.3 Å². The first-order chi connectivity index (χ1) is 8.30. The van der Waals surface area contributed by atoms with Crippen LogP contribution >= 0.6 is 0 Å². The second kappa shape index (κ2) is 5.88. The largest absolute Gasteiger partial charge is 0.490 e. The summed E-state index contributed by atoms with van der Waals surface area (Å²) in [6, 6.07) is 0. The van der Waals surface area contributed by atoms with Gasteiger partial charge >= 0.3 is 12.1 Å². The fraction of sp³-hybridized carbons (Fsp3) is 0.636. The zero-order chi connectivity index (χ0) is 13.8. The second-order valence-electron chi connectivity index (χ2n) is 3.95. The van der Waals surface area contributed by atoms with Gasteiger partial charge in [0.05, 0.1) is 0 Å². The number of ether oxygens (including phenoxy) is 1. The molecule has 0 aromatic carbocycles. The maximum atomic E-state index is 12.0. The van der Waals surface area contributed by atoms with Gasteiger partial charge in [0.25, 0.3) is 0 Å². The maximum absolute atomic E-state index is 12.0. The molecule has 1 aliphatic heterocycles. The summed E-state index contributed by atoms with van der Waals surface area (Å²) in [4.78, 5) is 23.4. The zero-order valence-corrected chi connectivity index (χ0v) is 9.87. The van der Waals surface area contributed by atoms with Crippen LogP contribution in [0.2, 0.25) is 0 Å². The number of rotatable bonds is 1. The maximum Gasteiger partial charge on any atom is 0.490 e. The van der Waals surface area contributed by atoms with Gasteiger partial charge in [-0.05, 0) is 12.5 Å². The van der Waals surface area contributed by atoms with Crippen molar-refractivity contribution in [2.24, 2.45) is 0 Å². The average molecular weight is 265 g/mol. The Morgan fingerprint density at radius 3 is 2.56 bits per heavy atom. The number of hydrogen-bond acceptors (Lipinski definition) is 3. The van der Waals surface area contributed by atoms with E-state index in [-0.39, 0.29) is 18.9 Å². The van der Waals surface area contributed by atoms with Crippen LogP contribution in [0.15, 0.2) is 12.2 Å². The molecule has 1 rings (SSSR count). The normalized spacial score (nSPS) is 22.9. The van der Waals surface area contributed by atoms with Crippen molar-refractivity contribution >= 4 is 11.9 Å². The van der Waals surface area contributed by atoms with Crippen molar-refractivity contribution in [2.45, 2.75) is 32.0 Å². The predicted octanol–water partition coefficient (Wildman–Crippen LogP) is 1.66. The molecule has 0 aromatic heterocycles. The van der Waals surface area contributed by atoms with E-state index in [4.69, 9.17) is 0 Å². The summed E-state index contributed by atoms with van der Waals surface area (Å²) in [5, 5.41) is 0. The molecule has 4 nitrogen and oxygen atoms in total. The summed E-state index contributed by atoms with van der Waals surface area (Å²) < 4.78 is 40.4. The first-order valence-corrected chi connectivity index (χ1v) is 5.50. The van der Waals surface area contributed by atoms with Crippen molar-refractivity contribution in [1.82, 2.24) is 4.90 Å². The van der Waals surface area contributed by atoms with Crippen LogP contribution in [0.3, 0.4) is 0 Å². The van der Waals surface area contributed by atoms with E-state index in [0.717, 1.165) is 0 Å². The summed E-state index contributed by atoms with van der Waals surface area (Å²) in [6.07, 6.45) is -2.19. The van der Waals surface area contributed by atoms with Gasteiger partial charge in [0.1, 0.15) is 6.10 Å². The molecule has 0 N–H and O–H groups in total. The Balaban J connectivity index is 2.59. The van der Waals surface area contributed by atoms with Crippen molar-refractivity contribution in [3.8, 4) is 0 Å². The molecule has 0 saturated heterocycles. The van der Waals surface area contributed by atoms with Crippen LogP contribution in [0.4, 0.5) is 13.2 Å². The molecule has 0 spiro atoms. The third-order valence-electron chi connectivity index (χ3n) is 2.54. The van der Waals surface area contributed by atoms with Crippen molar-refractivity contribution in [2.75, 3.05) is 13.1 Å². The number of nitrogens with zero attached hydrogens (tertiary/aromatic N) is 1. The molecule has 1 amide bonds. The number of hydrogen-bond donors (Lipinski definition) is 0. The molecule has 1 heterocycles. The van der Waals surface area contributed by atoms with Crippen LogP contribution in [0.25, 0.3) is 0 Å². The molecule has 0 radical (unpaired) electrons. The van der Waals surface area contributed by atoms with E-state index in [1.165, 1.54) is 17.9 Å². The molecule has 0 aromatic rings. The molecule has 0 fully saturated rings. The number of carbonyl (C=O) groups is 2. The summed E-state index contributed by atoms with van der Waals surface area (Å²) in [5.74, 6) is -2.35. The minimum Gasteiger partial charge on any atom is -0.451 e. The number of esters is 1. The zero-order valence-electron chi connectivity index (χ0n) is 9.87. The highest BCUT2D eigenvalue weighted by atomic mass is 19.4. The molecule has 0 saturated carbocycles. The highest BCUT2D eigenvalue weighted by Gasteiger charge is 2.42. The van der Waals surface area contributed by atoms with E-state index in [1.54, 1.807) is 6.08 Å². The molecule has 1 aliphatic rings. The fourth-order valence-corrected chi connectivity index (χ4v) is 1.59. The number of alkyl halides is 3. The van der Waals surface area contributed by atoms with Gasteiger partial charge < -0.3 is 9.64 Å². The third-order valence-corrected chi connectivity index (χ3v) is 2.54. The third kappa shape index (κ3) is 4.38. The van der Waals surface area contributed by atoms with E-state index in [2.05, 4.69) is 4.74 Å². The standard InChI is InChI=1S/C11H14F3NO3/c1-8(16)15-6-3-2-4-9(5-7-15)18-10(17)11(12,13)14/h2,4,9H,3,5-7H2,1H3/b4-2-. The van der Waals surface area contributed by atoms with Gasteiger partial charge in [-0.2, -0.15) is 13.2 Å². The Morgan fingerprint density at radius 1 is 1.33 bits per heavy atom. The van der Waals surface area contributed by atoms with E-state index in [1.807, 2.05) is 0 Å². The average Bonchev–Trinajstić information content (AvgIpc) is 2.20. The molecule has 1 atom stereocenters. The van der Waals surface area contributed by atoms with Gasteiger partial charge in [-0.1, -0.05) is 6.08 Å². The molecule has 102 valence electrons. The lowest BCUT2D eigenvalue weighted by Crippen LogP contribution is -2.36.